The molecule has 0 radical (unpaired) electrons. The number of hydrogen-bond acceptors (Lipinski definition) is 8. The van der Waals surface area contributed by atoms with Gasteiger partial charge in [-0.05, 0) is 31.6 Å². The summed E-state index contributed by atoms with van der Waals surface area (Å²) >= 11 is 0. The van der Waals surface area contributed by atoms with Crippen molar-refractivity contribution in [3.8, 4) is 0 Å². The third kappa shape index (κ3) is 27.3. The summed E-state index contributed by atoms with van der Waals surface area (Å²) in [5.41, 5.74) is 0. The minimum atomic E-state index is -1.08. The second kappa shape index (κ2) is 29.5. The van der Waals surface area contributed by atoms with E-state index in [0.717, 1.165) is 50.9 Å². The highest BCUT2D eigenvalue weighted by atomic mass is 16.6. The van der Waals surface area contributed by atoms with Crippen molar-refractivity contribution in [2.45, 2.75) is 148 Å². The molecular weight excluding hydrogens is 560 g/mol. The Morgan fingerprint density at radius 3 is 1.86 bits per heavy atom. The monoisotopic (exact) mass is 622 g/mol. The first-order valence-electron chi connectivity index (χ1n) is 16.9. The van der Waals surface area contributed by atoms with Gasteiger partial charge in [-0.1, -0.05) is 134 Å². The highest BCUT2D eigenvalue weighted by Crippen LogP contribution is 2.13. The van der Waals surface area contributed by atoms with Gasteiger partial charge in [-0.3, -0.25) is 9.59 Å². The number of allylic oxidation sites excluding steroid dienone is 6. The Labute approximate surface area is 266 Å². The van der Waals surface area contributed by atoms with Gasteiger partial charge in [0.05, 0.1) is 24.9 Å². The van der Waals surface area contributed by atoms with Gasteiger partial charge in [0.1, 0.15) is 6.61 Å². The van der Waals surface area contributed by atoms with E-state index in [-0.39, 0.29) is 25.9 Å². The molecule has 0 saturated carbocycles. The Kier molecular flexibility index (Phi) is 27.9. The summed E-state index contributed by atoms with van der Waals surface area (Å²) < 4.78 is 10.4. The maximum atomic E-state index is 12.1. The van der Waals surface area contributed by atoms with Crippen molar-refractivity contribution in [1.82, 2.24) is 0 Å². The Balaban J connectivity index is 4.03. The number of unbranched alkanes of at least 4 members (excludes halogenated alkanes) is 8. The lowest BCUT2D eigenvalue weighted by Gasteiger charge is -2.16. The molecule has 0 amide bonds. The van der Waals surface area contributed by atoms with Crippen molar-refractivity contribution < 1.29 is 39.5 Å². The Hall–Kier alpha value is -2.26. The van der Waals surface area contributed by atoms with Crippen LogP contribution in [0.1, 0.15) is 124 Å². The lowest BCUT2D eigenvalue weighted by molar-refractivity contribution is -0.161. The molecule has 4 N–H and O–H groups in total. The molecule has 0 aliphatic carbocycles. The third-order valence-electron chi connectivity index (χ3n) is 7.17. The molecule has 0 spiro atoms. The van der Waals surface area contributed by atoms with E-state index in [1.165, 1.54) is 38.2 Å². The van der Waals surface area contributed by atoms with Crippen LogP contribution in [0, 0.1) is 5.92 Å². The molecule has 44 heavy (non-hydrogen) atoms. The van der Waals surface area contributed by atoms with Crippen LogP contribution in [0.15, 0.2) is 48.6 Å². The summed E-state index contributed by atoms with van der Waals surface area (Å²) in [5.74, 6) is -0.168. The van der Waals surface area contributed by atoms with Gasteiger partial charge in [-0.2, -0.15) is 0 Å². The van der Waals surface area contributed by atoms with Gasteiger partial charge in [0.25, 0.3) is 0 Å². The third-order valence-corrected chi connectivity index (χ3v) is 7.17. The molecule has 0 aromatic carbocycles. The first-order valence-corrected chi connectivity index (χ1v) is 16.9. The molecule has 0 aromatic rings. The molecule has 0 rings (SSSR count). The van der Waals surface area contributed by atoms with Crippen LogP contribution in [0.25, 0.3) is 0 Å². The van der Waals surface area contributed by atoms with E-state index in [1.54, 1.807) is 36.5 Å². The van der Waals surface area contributed by atoms with Crippen molar-refractivity contribution in [3.63, 3.8) is 0 Å². The van der Waals surface area contributed by atoms with E-state index < -0.39 is 43.0 Å². The maximum absolute atomic E-state index is 12.1. The van der Waals surface area contributed by atoms with Gasteiger partial charge < -0.3 is 29.9 Å². The molecule has 0 fully saturated rings. The topological polar surface area (TPSA) is 134 Å². The lowest BCUT2D eigenvalue weighted by Crippen LogP contribution is -2.28. The van der Waals surface area contributed by atoms with E-state index in [9.17, 15) is 30.0 Å². The smallest absolute Gasteiger partial charge is 0.306 e. The number of ether oxygens (including phenoxy) is 2. The zero-order valence-corrected chi connectivity index (χ0v) is 27.7. The zero-order valence-electron chi connectivity index (χ0n) is 27.7. The fourth-order valence-electron chi connectivity index (χ4n) is 4.41. The number of esters is 2. The minimum Gasteiger partial charge on any atom is -0.462 e. The number of rotatable bonds is 28. The molecule has 0 bridgehead atoms. The van der Waals surface area contributed by atoms with E-state index >= 15 is 0 Å². The van der Waals surface area contributed by atoms with E-state index in [4.69, 9.17) is 9.47 Å². The summed E-state index contributed by atoms with van der Waals surface area (Å²) in [6.45, 7) is 5.97. The van der Waals surface area contributed by atoms with Crippen LogP contribution in [0.5, 0.6) is 0 Å². The average molecular weight is 623 g/mol. The molecule has 0 saturated heterocycles. The first-order chi connectivity index (χ1) is 21.2. The number of hydrogen-bond donors (Lipinski definition) is 4. The standard InChI is InChI=1S/C36H62O8/c1-4-5-15-22-31(38)23-17-12-9-10-13-18-24-33(39)34(40)25-20-27-35(41)43-29-32(28-37)44-36(42)26-19-14-8-6-7-11-16-21-30(2)3/h9-10,12-13,17-18,23-24,30-34,37-40H,4-8,11,14-16,19-22,25-29H2,1-3H3/b12-9-,13-10+,23-17+,24-18+/t31-,32+,33-,34-/m1/s1. The number of aliphatic hydroxyl groups excluding tert-OH is 4. The fourth-order valence-corrected chi connectivity index (χ4v) is 4.41. The summed E-state index contributed by atoms with van der Waals surface area (Å²) in [4.78, 5) is 24.1. The van der Waals surface area contributed by atoms with Crippen molar-refractivity contribution in [1.29, 1.82) is 0 Å². The first kappa shape index (κ1) is 41.7. The van der Waals surface area contributed by atoms with Crippen LogP contribution < -0.4 is 0 Å². The molecule has 0 aliphatic heterocycles. The van der Waals surface area contributed by atoms with Crippen LogP contribution in [-0.2, 0) is 19.1 Å². The SMILES string of the molecule is CCCCC[C@@H](O)/C=C/C=C\C=C\C=C\[C@@H](O)[C@H](O)CCCC(=O)OC[C@H](CO)OC(=O)CCCCCCCCCC(C)C. The molecule has 0 unspecified atom stereocenters. The minimum absolute atomic E-state index is 0.0303. The summed E-state index contributed by atoms with van der Waals surface area (Å²) in [7, 11) is 0. The van der Waals surface area contributed by atoms with Crippen molar-refractivity contribution in [2.24, 2.45) is 5.92 Å². The molecule has 0 heterocycles. The fraction of sp³-hybridized carbons (Fsp3) is 0.722. The van der Waals surface area contributed by atoms with Gasteiger partial charge in [-0.25, -0.2) is 0 Å². The quantitative estimate of drug-likeness (QED) is 0.0433. The Morgan fingerprint density at radius 2 is 1.23 bits per heavy atom. The average Bonchev–Trinajstić information content (AvgIpc) is 2.99. The van der Waals surface area contributed by atoms with Gasteiger partial charge in [0.15, 0.2) is 6.10 Å². The second-order valence-electron chi connectivity index (χ2n) is 11.9. The number of carbonyl (C=O) groups is 2. The van der Waals surface area contributed by atoms with Crippen molar-refractivity contribution in [2.75, 3.05) is 13.2 Å². The van der Waals surface area contributed by atoms with Crippen LogP contribution >= 0.6 is 0 Å². The second-order valence-corrected chi connectivity index (χ2v) is 11.9. The highest BCUT2D eigenvalue weighted by molar-refractivity contribution is 5.70. The highest BCUT2D eigenvalue weighted by Gasteiger charge is 2.17. The van der Waals surface area contributed by atoms with Crippen LogP contribution in [0.3, 0.4) is 0 Å². The number of aliphatic hydroxyl groups is 4. The zero-order chi connectivity index (χ0) is 32.8. The van der Waals surface area contributed by atoms with Gasteiger partial charge >= 0.3 is 11.9 Å². The van der Waals surface area contributed by atoms with Crippen LogP contribution in [0.2, 0.25) is 0 Å². The molecule has 8 nitrogen and oxygen atoms in total. The molecule has 254 valence electrons. The largest absolute Gasteiger partial charge is 0.462 e. The van der Waals surface area contributed by atoms with E-state index in [0.29, 0.717) is 6.42 Å². The Bertz CT molecular complexity index is 817. The van der Waals surface area contributed by atoms with E-state index in [2.05, 4.69) is 20.8 Å². The van der Waals surface area contributed by atoms with Crippen molar-refractivity contribution in [3.05, 3.63) is 48.6 Å². The lowest BCUT2D eigenvalue weighted by atomic mass is 10.0. The molecule has 0 aliphatic rings. The molecule has 4 atom stereocenters. The normalized spacial score (nSPS) is 15.1. The molecule has 0 aromatic heterocycles. The van der Waals surface area contributed by atoms with Crippen LogP contribution in [0.4, 0.5) is 0 Å². The maximum Gasteiger partial charge on any atom is 0.306 e. The molecular formula is C36H62O8. The van der Waals surface area contributed by atoms with Crippen LogP contribution in [-0.4, -0.2) is 70.0 Å². The molecule has 8 heteroatoms. The van der Waals surface area contributed by atoms with Crippen molar-refractivity contribution >= 4 is 11.9 Å². The van der Waals surface area contributed by atoms with Gasteiger partial charge in [0.2, 0.25) is 0 Å². The summed E-state index contributed by atoms with van der Waals surface area (Å²) in [6.07, 6.45) is 24.2. The van der Waals surface area contributed by atoms with Gasteiger partial charge in [0, 0.05) is 12.8 Å². The Morgan fingerprint density at radius 1 is 0.659 bits per heavy atom. The van der Waals surface area contributed by atoms with E-state index in [1.807, 2.05) is 6.08 Å². The predicted octanol–water partition coefficient (Wildman–Crippen LogP) is 6.66. The summed E-state index contributed by atoms with van der Waals surface area (Å²) in [5, 5.41) is 39.5. The predicted molar refractivity (Wildman–Crippen MR) is 177 cm³/mol. The number of carbonyl (C=O) groups excluding carboxylic acids is 2. The summed E-state index contributed by atoms with van der Waals surface area (Å²) in [6, 6.07) is 0. The van der Waals surface area contributed by atoms with Gasteiger partial charge in [-0.15, -0.1) is 0 Å².